The minimum atomic E-state index is -1.62. The Balaban J connectivity index is 4.33. The van der Waals surface area contributed by atoms with Crippen molar-refractivity contribution in [2.24, 2.45) is 0 Å². The van der Waals surface area contributed by atoms with Gasteiger partial charge < -0.3 is 33.3 Å². The van der Waals surface area contributed by atoms with Crippen LogP contribution >= 0.6 is 0 Å². The van der Waals surface area contributed by atoms with Gasteiger partial charge in [0.1, 0.15) is 13.2 Å². The molecule has 9 nitrogen and oxygen atoms in total. The number of unbranched alkanes of at least 4 members (excludes halogenated alkanes) is 23. The molecule has 0 aliphatic heterocycles. The summed E-state index contributed by atoms with van der Waals surface area (Å²) in [5.41, 5.74) is 0. The first kappa shape index (κ1) is 56.5. The van der Waals surface area contributed by atoms with E-state index >= 15 is 0 Å². The molecule has 0 aromatic rings. The third kappa shape index (κ3) is 43.4. The normalized spacial score (nSPS) is 13.2. The van der Waals surface area contributed by atoms with Gasteiger partial charge in [-0.1, -0.05) is 179 Å². The van der Waals surface area contributed by atoms with Gasteiger partial charge in [-0.05, 0) is 51.4 Å². The standard InChI is InChI=1S/C50H91NO8/c1-6-8-10-12-14-16-18-19-20-21-22-23-24-25-26-27-28-29-31-33-35-37-39-41-48(53)59-46(45-58-50(49(54)55)56-43-42-51(3,4)5)44-57-47(52)40-38-36-34-32-30-17-15-13-11-9-7-2/h18-19,21-22,24-25,46,50H,6-17,20,23,26-45H2,1-5H3/b19-18-,22-21-,25-24-. The summed E-state index contributed by atoms with van der Waals surface area (Å²) < 4.78 is 22.6. The third-order valence-corrected chi connectivity index (χ3v) is 10.4. The Kier molecular flexibility index (Phi) is 40.4. The highest BCUT2D eigenvalue weighted by Crippen LogP contribution is 2.14. The SMILES string of the molecule is CCCCCCC/C=C\C/C=C\C/C=C\CCCCCCCCCCC(=O)OC(COC(=O)CCCCCCCCCCCCC)COC(OCC[N+](C)(C)C)C(=O)[O-]. The highest BCUT2D eigenvalue weighted by Gasteiger charge is 2.21. The van der Waals surface area contributed by atoms with E-state index in [0.29, 0.717) is 23.9 Å². The van der Waals surface area contributed by atoms with Gasteiger partial charge in [0, 0.05) is 12.8 Å². The molecule has 0 saturated carbocycles. The first-order valence-electron chi connectivity index (χ1n) is 24.1. The van der Waals surface area contributed by atoms with Gasteiger partial charge in [0.15, 0.2) is 12.4 Å². The zero-order chi connectivity index (χ0) is 43.5. The van der Waals surface area contributed by atoms with Crippen LogP contribution in [-0.4, -0.2) is 82.3 Å². The second-order valence-electron chi connectivity index (χ2n) is 17.4. The Bertz CT molecular complexity index is 1070. The number of ether oxygens (including phenoxy) is 4. The molecule has 0 bridgehead atoms. The van der Waals surface area contributed by atoms with Crippen LogP contribution < -0.4 is 5.11 Å². The van der Waals surface area contributed by atoms with Crippen LogP contribution in [0.2, 0.25) is 0 Å². The largest absolute Gasteiger partial charge is 0.545 e. The molecule has 0 amide bonds. The summed E-state index contributed by atoms with van der Waals surface area (Å²) in [6.07, 6.45) is 44.6. The number of carboxylic acids is 1. The highest BCUT2D eigenvalue weighted by atomic mass is 16.7. The molecule has 59 heavy (non-hydrogen) atoms. The maximum absolute atomic E-state index is 12.8. The maximum Gasteiger partial charge on any atom is 0.306 e. The third-order valence-electron chi connectivity index (χ3n) is 10.4. The van der Waals surface area contributed by atoms with Gasteiger partial charge in [-0.15, -0.1) is 0 Å². The zero-order valence-corrected chi connectivity index (χ0v) is 38.9. The van der Waals surface area contributed by atoms with Crippen molar-refractivity contribution in [3.05, 3.63) is 36.5 Å². The summed E-state index contributed by atoms with van der Waals surface area (Å²) in [4.78, 5) is 37.0. The number of carbonyl (C=O) groups excluding carboxylic acids is 3. The summed E-state index contributed by atoms with van der Waals surface area (Å²) in [6.45, 7) is 4.72. The van der Waals surface area contributed by atoms with Gasteiger partial charge >= 0.3 is 11.9 Å². The van der Waals surface area contributed by atoms with Crippen molar-refractivity contribution < 1.29 is 42.9 Å². The number of likely N-dealkylation sites (N-methyl/N-ethyl adjacent to an activating group) is 1. The molecule has 0 aliphatic carbocycles. The lowest BCUT2D eigenvalue weighted by Crippen LogP contribution is -2.44. The molecule has 0 N–H and O–H groups in total. The van der Waals surface area contributed by atoms with Crippen molar-refractivity contribution >= 4 is 17.9 Å². The fraction of sp³-hybridized carbons (Fsp3) is 0.820. The van der Waals surface area contributed by atoms with Crippen LogP contribution in [0.15, 0.2) is 36.5 Å². The van der Waals surface area contributed by atoms with E-state index in [0.717, 1.165) is 57.8 Å². The van der Waals surface area contributed by atoms with Crippen molar-refractivity contribution in [3.63, 3.8) is 0 Å². The van der Waals surface area contributed by atoms with E-state index < -0.39 is 24.3 Å². The van der Waals surface area contributed by atoms with Gasteiger partial charge in [0.25, 0.3) is 0 Å². The Hall–Kier alpha value is -2.49. The molecule has 0 saturated heterocycles. The van der Waals surface area contributed by atoms with Crippen LogP contribution in [0.4, 0.5) is 0 Å². The van der Waals surface area contributed by atoms with Crippen LogP contribution in [0, 0.1) is 0 Å². The average Bonchev–Trinajstić information content (AvgIpc) is 3.19. The fourth-order valence-electron chi connectivity index (χ4n) is 6.60. The molecule has 0 spiro atoms. The minimum absolute atomic E-state index is 0.147. The van der Waals surface area contributed by atoms with Crippen LogP contribution in [0.25, 0.3) is 0 Å². The topological polar surface area (TPSA) is 111 Å². The number of carboxylic acid groups (broad SMARTS) is 1. The molecule has 344 valence electrons. The lowest BCUT2D eigenvalue weighted by atomic mass is 10.1. The van der Waals surface area contributed by atoms with Crippen molar-refractivity contribution in [2.75, 3.05) is 47.5 Å². The molecule has 0 radical (unpaired) electrons. The number of carbonyl (C=O) groups is 3. The van der Waals surface area contributed by atoms with Crippen LogP contribution in [0.3, 0.4) is 0 Å². The lowest BCUT2D eigenvalue weighted by Gasteiger charge is -2.26. The highest BCUT2D eigenvalue weighted by molar-refractivity contribution is 5.70. The van der Waals surface area contributed by atoms with Gasteiger partial charge in [-0.25, -0.2) is 0 Å². The van der Waals surface area contributed by atoms with Crippen LogP contribution in [-0.2, 0) is 33.3 Å². The smallest absolute Gasteiger partial charge is 0.306 e. The van der Waals surface area contributed by atoms with E-state index in [-0.39, 0.29) is 32.2 Å². The van der Waals surface area contributed by atoms with Crippen molar-refractivity contribution in [1.29, 1.82) is 0 Å². The summed E-state index contributed by atoms with van der Waals surface area (Å²) in [7, 11) is 5.91. The van der Waals surface area contributed by atoms with Gasteiger partial charge in [0.2, 0.25) is 0 Å². The van der Waals surface area contributed by atoms with Crippen molar-refractivity contribution in [1.82, 2.24) is 0 Å². The van der Waals surface area contributed by atoms with E-state index in [4.69, 9.17) is 18.9 Å². The van der Waals surface area contributed by atoms with Crippen LogP contribution in [0.1, 0.15) is 206 Å². The maximum atomic E-state index is 12.8. The molecule has 2 atom stereocenters. The quantitative estimate of drug-likeness (QED) is 0.0196. The van der Waals surface area contributed by atoms with Gasteiger partial charge in [0.05, 0.1) is 40.3 Å². The van der Waals surface area contributed by atoms with Gasteiger partial charge in [-0.2, -0.15) is 0 Å². The van der Waals surface area contributed by atoms with Crippen LogP contribution in [0.5, 0.6) is 0 Å². The van der Waals surface area contributed by atoms with Crippen molar-refractivity contribution in [3.8, 4) is 0 Å². The van der Waals surface area contributed by atoms with E-state index in [1.54, 1.807) is 0 Å². The minimum Gasteiger partial charge on any atom is -0.545 e. The number of rotatable bonds is 44. The Morgan fingerprint density at radius 3 is 1.36 bits per heavy atom. The average molecular weight is 834 g/mol. The fourth-order valence-corrected chi connectivity index (χ4v) is 6.60. The monoisotopic (exact) mass is 834 g/mol. The second kappa shape index (κ2) is 42.2. The lowest BCUT2D eigenvalue weighted by molar-refractivity contribution is -0.870. The molecular formula is C50H91NO8. The Morgan fingerprint density at radius 1 is 0.508 bits per heavy atom. The van der Waals surface area contributed by atoms with E-state index in [2.05, 4.69) is 50.3 Å². The predicted octanol–water partition coefficient (Wildman–Crippen LogP) is 11.7. The summed E-state index contributed by atoms with van der Waals surface area (Å²) in [5.74, 6) is -2.29. The number of quaternary nitrogens is 1. The predicted molar refractivity (Wildman–Crippen MR) is 242 cm³/mol. The number of hydrogen-bond acceptors (Lipinski definition) is 8. The molecule has 9 heteroatoms. The van der Waals surface area contributed by atoms with E-state index in [9.17, 15) is 19.5 Å². The zero-order valence-electron chi connectivity index (χ0n) is 38.9. The Morgan fingerprint density at radius 2 is 0.915 bits per heavy atom. The van der Waals surface area contributed by atoms with E-state index in [1.807, 2.05) is 21.1 Å². The Labute approximate surface area is 362 Å². The number of nitrogens with zero attached hydrogens (tertiary/aromatic N) is 1. The van der Waals surface area contributed by atoms with Gasteiger partial charge in [-0.3, -0.25) is 9.59 Å². The molecule has 0 aromatic carbocycles. The first-order chi connectivity index (χ1) is 28.6. The van der Waals surface area contributed by atoms with E-state index in [1.165, 1.54) is 116 Å². The molecule has 0 aromatic heterocycles. The molecular weight excluding hydrogens is 743 g/mol. The molecule has 0 rings (SSSR count). The summed E-state index contributed by atoms with van der Waals surface area (Å²) >= 11 is 0. The number of esters is 2. The summed E-state index contributed by atoms with van der Waals surface area (Å²) in [6, 6.07) is 0. The molecule has 2 unspecified atom stereocenters. The summed E-state index contributed by atoms with van der Waals surface area (Å²) in [5, 5.41) is 11.7. The second-order valence-corrected chi connectivity index (χ2v) is 17.4. The first-order valence-corrected chi connectivity index (χ1v) is 24.1. The van der Waals surface area contributed by atoms with Crippen molar-refractivity contribution in [2.45, 2.75) is 219 Å². The molecule has 0 fully saturated rings. The number of aliphatic carboxylic acids is 1. The number of allylic oxidation sites excluding steroid dienone is 6. The molecule has 0 heterocycles. The molecule has 0 aliphatic rings. The number of hydrogen-bond donors (Lipinski definition) is 0.